The number of alkyl halides is 3. The molecule has 2 rings (SSSR count). The molecule has 0 radical (unpaired) electrons. The number of hydrogen-bond donors (Lipinski definition) is 2. The fourth-order valence-electron chi connectivity index (χ4n) is 2.99. The Morgan fingerprint density at radius 3 is 2.74 bits per heavy atom. The van der Waals surface area contributed by atoms with Crippen LogP contribution < -0.4 is 10.6 Å². The first-order valence-electron chi connectivity index (χ1n) is 6.76. The minimum Gasteiger partial charge on any atom is -0.351 e. The molecule has 0 spiro atoms. The van der Waals surface area contributed by atoms with Crippen LogP contribution in [-0.4, -0.2) is 55.2 Å². The Labute approximate surface area is 110 Å². The normalized spacial score (nSPS) is 28.2. The maximum atomic E-state index is 11.9. The maximum absolute atomic E-state index is 11.9. The second kappa shape index (κ2) is 6.09. The van der Waals surface area contributed by atoms with E-state index in [1.807, 2.05) is 0 Å². The summed E-state index contributed by atoms with van der Waals surface area (Å²) in [6.07, 6.45) is 0.0641. The Hall–Kier alpha value is -0.820. The van der Waals surface area contributed by atoms with E-state index < -0.39 is 12.7 Å². The van der Waals surface area contributed by atoms with Crippen molar-refractivity contribution in [3.63, 3.8) is 0 Å². The van der Waals surface area contributed by atoms with Crippen molar-refractivity contribution in [3.8, 4) is 0 Å². The van der Waals surface area contributed by atoms with Gasteiger partial charge in [0.15, 0.2) is 0 Å². The largest absolute Gasteiger partial charge is 0.401 e. The number of carbonyl (C=O) groups excluding carboxylic acids is 1. The van der Waals surface area contributed by atoms with Gasteiger partial charge in [-0.15, -0.1) is 0 Å². The second-order valence-corrected chi connectivity index (χ2v) is 5.28. The molecule has 4 nitrogen and oxygen atoms in total. The molecule has 2 heterocycles. The Bertz CT molecular complexity index is 322. The topological polar surface area (TPSA) is 44.4 Å². The van der Waals surface area contributed by atoms with Crippen molar-refractivity contribution in [1.82, 2.24) is 15.5 Å². The molecule has 2 atom stereocenters. The average Bonchev–Trinajstić information content (AvgIpc) is 2.71. The van der Waals surface area contributed by atoms with Gasteiger partial charge in [-0.2, -0.15) is 13.2 Å². The molecular weight excluding hydrogens is 259 g/mol. The van der Waals surface area contributed by atoms with Crippen molar-refractivity contribution in [2.24, 2.45) is 0 Å². The summed E-state index contributed by atoms with van der Waals surface area (Å²) in [6, 6.07) is 0.473. The van der Waals surface area contributed by atoms with Gasteiger partial charge in [0.1, 0.15) is 0 Å². The zero-order chi connectivity index (χ0) is 13.9. The van der Waals surface area contributed by atoms with E-state index in [2.05, 4.69) is 15.5 Å². The first-order valence-corrected chi connectivity index (χ1v) is 6.76. The van der Waals surface area contributed by atoms with Crippen LogP contribution in [0.25, 0.3) is 0 Å². The summed E-state index contributed by atoms with van der Waals surface area (Å²) < 4.78 is 35.8. The Morgan fingerprint density at radius 2 is 2.00 bits per heavy atom. The van der Waals surface area contributed by atoms with Crippen LogP contribution in [0.1, 0.15) is 25.7 Å². The summed E-state index contributed by atoms with van der Waals surface area (Å²) in [5.74, 6) is -0.346. The Morgan fingerprint density at radius 1 is 1.21 bits per heavy atom. The van der Waals surface area contributed by atoms with E-state index in [-0.39, 0.29) is 18.5 Å². The van der Waals surface area contributed by atoms with E-state index in [4.69, 9.17) is 0 Å². The lowest BCUT2D eigenvalue weighted by atomic mass is 9.99. The van der Waals surface area contributed by atoms with Gasteiger partial charge in [0.25, 0.3) is 0 Å². The predicted octanol–water partition coefficient (Wildman–Crippen LogP) is 0.881. The van der Waals surface area contributed by atoms with Crippen molar-refractivity contribution in [1.29, 1.82) is 0 Å². The molecular formula is C12H20F3N3O. The zero-order valence-electron chi connectivity index (χ0n) is 10.8. The lowest BCUT2D eigenvalue weighted by Crippen LogP contribution is -2.49. The van der Waals surface area contributed by atoms with Crippen molar-refractivity contribution in [2.75, 3.05) is 26.2 Å². The number of piperidine rings is 1. The minimum atomic E-state index is -4.27. The summed E-state index contributed by atoms with van der Waals surface area (Å²) in [5, 5.41) is 4.97. The SMILES string of the molecule is O=C(CNCC(F)(F)F)NC1CCN2CCCCC12. The number of nitrogens with one attached hydrogen (secondary N) is 2. The fraction of sp³-hybridized carbons (Fsp3) is 0.917. The minimum absolute atomic E-state index is 0.0977. The van der Waals surface area contributed by atoms with E-state index in [1.165, 1.54) is 12.8 Å². The first kappa shape index (κ1) is 14.6. The second-order valence-electron chi connectivity index (χ2n) is 5.28. The number of carbonyl (C=O) groups is 1. The van der Waals surface area contributed by atoms with E-state index in [0.29, 0.717) is 6.04 Å². The highest BCUT2D eigenvalue weighted by molar-refractivity contribution is 5.78. The molecule has 7 heteroatoms. The van der Waals surface area contributed by atoms with Crippen LogP contribution >= 0.6 is 0 Å². The molecule has 2 aliphatic rings. The van der Waals surface area contributed by atoms with E-state index in [1.54, 1.807) is 0 Å². The fourth-order valence-corrected chi connectivity index (χ4v) is 2.99. The summed E-state index contributed by atoms with van der Waals surface area (Å²) in [7, 11) is 0. The first-order chi connectivity index (χ1) is 8.96. The highest BCUT2D eigenvalue weighted by Crippen LogP contribution is 2.26. The molecule has 0 bridgehead atoms. The molecule has 2 fully saturated rings. The van der Waals surface area contributed by atoms with Gasteiger partial charge in [-0.05, 0) is 25.8 Å². The molecule has 2 aliphatic heterocycles. The van der Waals surface area contributed by atoms with Gasteiger partial charge in [0.05, 0.1) is 13.1 Å². The van der Waals surface area contributed by atoms with Gasteiger partial charge in [-0.3, -0.25) is 9.69 Å². The van der Waals surface area contributed by atoms with Gasteiger partial charge < -0.3 is 10.6 Å². The molecule has 1 amide bonds. The molecule has 2 unspecified atom stereocenters. The third-order valence-corrected chi connectivity index (χ3v) is 3.81. The summed E-state index contributed by atoms with van der Waals surface area (Å²) in [4.78, 5) is 14.0. The zero-order valence-corrected chi connectivity index (χ0v) is 10.8. The monoisotopic (exact) mass is 279 g/mol. The van der Waals surface area contributed by atoms with Gasteiger partial charge >= 0.3 is 6.18 Å². The highest BCUT2D eigenvalue weighted by Gasteiger charge is 2.36. The van der Waals surface area contributed by atoms with Crippen molar-refractivity contribution in [3.05, 3.63) is 0 Å². The van der Waals surface area contributed by atoms with Crippen molar-refractivity contribution in [2.45, 2.75) is 43.9 Å². The quantitative estimate of drug-likeness (QED) is 0.803. The van der Waals surface area contributed by atoms with Gasteiger partial charge in [-0.25, -0.2) is 0 Å². The lowest BCUT2D eigenvalue weighted by molar-refractivity contribution is -0.128. The number of fused-ring (bicyclic) bond motifs is 1. The Kier molecular flexibility index (Phi) is 4.67. The smallest absolute Gasteiger partial charge is 0.351 e. The summed E-state index contributed by atoms with van der Waals surface area (Å²) in [6.45, 7) is 0.651. The molecule has 2 saturated heterocycles. The number of nitrogens with zero attached hydrogens (tertiary/aromatic N) is 1. The average molecular weight is 279 g/mol. The summed E-state index contributed by atoms with van der Waals surface area (Å²) >= 11 is 0. The van der Waals surface area contributed by atoms with Crippen LogP contribution in [-0.2, 0) is 4.79 Å². The van der Waals surface area contributed by atoms with Crippen LogP contribution in [0.4, 0.5) is 13.2 Å². The van der Waals surface area contributed by atoms with Crippen LogP contribution in [0.2, 0.25) is 0 Å². The molecule has 0 aromatic heterocycles. The van der Waals surface area contributed by atoms with E-state index in [0.717, 1.165) is 25.9 Å². The molecule has 0 aromatic carbocycles. The van der Waals surface area contributed by atoms with Crippen molar-refractivity contribution >= 4 is 5.91 Å². The third kappa shape index (κ3) is 4.35. The lowest BCUT2D eigenvalue weighted by Gasteiger charge is -2.32. The van der Waals surface area contributed by atoms with Crippen LogP contribution in [0, 0.1) is 0 Å². The van der Waals surface area contributed by atoms with E-state index >= 15 is 0 Å². The van der Waals surface area contributed by atoms with Gasteiger partial charge in [0, 0.05) is 18.6 Å². The molecule has 0 saturated carbocycles. The number of amides is 1. The van der Waals surface area contributed by atoms with Gasteiger partial charge in [-0.1, -0.05) is 6.42 Å². The molecule has 0 aromatic rings. The molecule has 2 N–H and O–H groups in total. The van der Waals surface area contributed by atoms with Crippen LogP contribution in [0.3, 0.4) is 0 Å². The maximum Gasteiger partial charge on any atom is 0.401 e. The van der Waals surface area contributed by atoms with E-state index in [9.17, 15) is 18.0 Å². The van der Waals surface area contributed by atoms with Crippen LogP contribution in [0.15, 0.2) is 0 Å². The van der Waals surface area contributed by atoms with Gasteiger partial charge in [0.2, 0.25) is 5.91 Å². The summed E-state index contributed by atoms with van der Waals surface area (Å²) in [5.41, 5.74) is 0. The highest BCUT2D eigenvalue weighted by atomic mass is 19.4. The number of halogens is 3. The number of rotatable bonds is 4. The molecule has 19 heavy (non-hydrogen) atoms. The van der Waals surface area contributed by atoms with Crippen LogP contribution in [0.5, 0.6) is 0 Å². The Balaban J connectivity index is 1.70. The molecule has 110 valence electrons. The van der Waals surface area contributed by atoms with Crippen molar-refractivity contribution < 1.29 is 18.0 Å². The predicted molar refractivity (Wildman–Crippen MR) is 64.7 cm³/mol. The standard InChI is InChI=1S/C12H20F3N3O/c13-12(14,15)8-16-7-11(19)17-9-4-6-18-5-2-1-3-10(9)18/h9-10,16H,1-8H2,(H,17,19). The third-order valence-electron chi connectivity index (χ3n) is 3.81. The number of hydrogen-bond acceptors (Lipinski definition) is 3. The molecule has 0 aliphatic carbocycles.